The Kier molecular flexibility index (Phi) is 14.7. The Balaban J connectivity index is 1.53. The maximum atomic E-state index is 12.7. The number of unbranched alkanes of at least 4 members (excludes halogenated alkanes) is 10. The van der Waals surface area contributed by atoms with Gasteiger partial charge in [-0.2, -0.15) is 0 Å². The van der Waals surface area contributed by atoms with Crippen LogP contribution in [0.25, 0.3) is 6.08 Å². The van der Waals surface area contributed by atoms with E-state index in [4.69, 9.17) is 21.7 Å². The first kappa shape index (κ1) is 29.4. The van der Waals surface area contributed by atoms with Crippen molar-refractivity contribution < 1.29 is 19.1 Å². The normalized spacial score (nSPS) is 14.7. The SMILES string of the molecule is CCCCCCCCCCCOC(=O)CCCCCN1C(=O)/C(=C\c2ccc(OC)cc2)SC1=S. The van der Waals surface area contributed by atoms with E-state index in [-0.39, 0.29) is 11.9 Å². The fourth-order valence-corrected chi connectivity index (χ4v) is 5.24. The number of amides is 1. The van der Waals surface area contributed by atoms with Gasteiger partial charge in [-0.15, -0.1) is 0 Å². The summed E-state index contributed by atoms with van der Waals surface area (Å²) >= 11 is 6.75. The van der Waals surface area contributed by atoms with Crippen molar-refractivity contribution in [2.75, 3.05) is 20.3 Å². The van der Waals surface area contributed by atoms with Crippen LogP contribution in [0.1, 0.15) is 96.0 Å². The van der Waals surface area contributed by atoms with Crippen molar-refractivity contribution in [2.24, 2.45) is 0 Å². The molecule has 2 rings (SSSR count). The number of methoxy groups -OCH3 is 1. The highest BCUT2D eigenvalue weighted by molar-refractivity contribution is 8.26. The Morgan fingerprint density at radius 3 is 2.23 bits per heavy atom. The lowest BCUT2D eigenvalue weighted by Gasteiger charge is -2.14. The van der Waals surface area contributed by atoms with E-state index in [1.165, 1.54) is 56.7 Å². The smallest absolute Gasteiger partial charge is 0.305 e. The third kappa shape index (κ3) is 11.6. The van der Waals surface area contributed by atoms with Crippen LogP contribution >= 0.6 is 24.0 Å². The molecule has 0 spiro atoms. The van der Waals surface area contributed by atoms with E-state index in [1.54, 1.807) is 12.0 Å². The van der Waals surface area contributed by atoms with Gasteiger partial charge in [-0.1, -0.05) is 101 Å². The molecule has 1 aliphatic rings. The van der Waals surface area contributed by atoms with E-state index in [0.717, 1.165) is 43.4 Å². The summed E-state index contributed by atoms with van der Waals surface area (Å²) in [7, 11) is 1.63. The number of thiocarbonyl (C=S) groups is 1. The molecule has 0 aliphatic carbocycles. The molecule has 0 radical (unpaired) electrons. The average Bonchev–Trinajstić information content (AvgIpc) is 3.12. The van der Waals surface area contributed by atoms with Crippen LogP contribution in [-0.4, -0.2) is 41.4 Å². The quantitative estimate of drug-likeness (QED) is 0.0865. The first-order valence-electron chi connectivity index (χ1n) is 13.1. The number of esters is 1. The van der Waals surface area contributed by atoms with Crippen LogP contribution in [0.3, 0.4) is 0 Å². The minimum Gasteiger partial charge on any atom is -0.497 e. The first-order chi connectivity index (χ1) is 17.0. The summed E-state index contributed by atoms with van der Waals surface area (Å²) in [5.41, 5.74) is 0.937. The minimum absolute atomic E-state index is 0.0452. The van der Waals surface area contributed by atoms with E-state index in [0.29, 0.717) is 28.8 Å². The van der Waals surface area contributed by atoms with Crippen molar-refractivity contribution in [1.82, 2.24) is 4.90 Å². The second-order valence-electron chi connectivity index (χ2n) is 8.97. The van der Waals surface area contributed by atoms with Gasteiger partial charge < -0.3 is 9.47 Å². The number of carbonyl (C=O) groups excluding carboxylic acids is 2. The third-order valence-electron chi connectivity index (χ3n) is 6.06. The molecule has 0 aromatic heterocycles. The summed E-state index contributed by atoms with van der Waals surface area (Å²) in [4.78, 5) is 27.0. The van der Waals surface area contributed by atoms with E-state index in [1.807, 2.05) is 30.3 Å². The summed E-state index contributed by atoms with van der Waals surface area (Å²) in [5, 5.41) is 0. The standard InChI is InChI=1S/C28H41NO4S2/c1-3-4-5-6-7-8-9-10-14-21-33-26(30)15-12-11-13-20-29-27(31)25(35-28(29)34)22-23-16-18-24(32-2)19-17-23/h16-19,22H,3-15,20-21H2,1-2H3/b25-22+. The fourth-order valence-electron chi connectivity index (χ4n) is 3.93. The average molecular weight is 520 g/mol. The molecule has 1 amide bonds. The number of carbonyl (C=O) groups is 2. The first-order valence-corrected chi connectivity index (χ1v) is 14.3. The Hall–Kier alpha value is -1.86. The summed E-state index contributed by atoms with van der Waals surface area (Å²) in [6, 6.07) is 7.57. The Morgan fingerprint density at radius 2 is 1.57 bits per heavy atom. The number of thioether (sulfide) groups is 1. The molecule has 0 bridgehead atoms. The monoisotopic (exact) mass is 519 g/mol. The number of hydrogen-bond donors (Lipinski definition) is 0. The van der Waals surface area contributed by atoms with Crippen molar-refractivity contribution in [2.45, 2.75) is 90.4 Å². The zero-order valence-electron chi connectivity index (χ0n) is 21.4. The maximum absolute atomic E-state index is 12.7. The van der Waals surface area contributed by atoms with Crippen molar-refractivity contribution in [3.05, 3.63) is 34.7 Å². The number of hydrogen-bond acceptors (Lipinski definition) is 6. The summed E-state index contributed by atoms with van der Waals surface area (Å²) in [6.07, 6.45) is 16.0. The molecule has 1 aromatic rings. The second kappa shape index (κ2) is 17.6. The molecule has 1 aromatic carbocycles. The Labute approximate surface area is 221 Å². The second-order valence-corrected chi connectivity index (χ2v) is 10.6. The van der Waals surface area contributed by atoms with Gasteiger partial charge in [0.1, 0.15) is 10.1 Å². The molecule has 1 saturated heterocycles. The van der Waals surface area contributed by atoms with Gasteiger partial charge in [-0.05, 0) is 43.0 Å². The van der Waals surface area contributed by atoms with Crippen LogP contribution in [0.15, 0.2) is 29.2 Å². The molecule has 5 nitrogen and oxygen atoms in total. The number of nitrogens with zero attached hydrogens (tertiary/aromatic N) is 1. The Morgan fingerprint density at radius 1 is 0.943 bits per heavy atom. The lowest BCUT2D eigenvalue weighted by Crippen LogP contribution is -2.29. The number of rotatable bonds is 18. The minimum atomic E-state index is -0.113. The molecule has 35 heavy (non-hydrogen) atoms. The van der Waals surface area contributed by atoms with Gasteiger partial charge in [0.25, 0.3) is 5.91 Å². The highest BCUT2D eigenvalue weighted by Gasteiger charge is 2.31. The molecule has 7 heteroatoms. The molecular weight excluding hydrogens is 478 g/mol. The molecule has 0 atom stereocenters. The van der Waals surface area contributed by atoms with Crippen LogP contribution in [0, 0.1) is 0 Å². The molecule has 1 heterocycles. The molecule has 0 unspecified atom stereocenters. The van der Waals surface area contributed by atoms with Crippen LogP contribution in [-0.2, 0) is 14.3 Å². The van der Waals surface area contributed by atoms with Gasteiger partial charge in [-0.3, -0.25) is 14.5 Å². The Bertz CT molecular complexity index is 823. The van der Waals surface area contributed by atoms with Crippen molar-refractivity contribution in [3.8, 4) is 5.75 Å². The molecule has 1 aliphatic heterocycles. The van der Waals surface area contributed by atoms with Crippen molar-refractivity contribution in [1.29, 1.82) is 0 Å². The van der Waals surface area contributed by atoms with Crippen LogP contribution in [0.2, 0.25) is 0 Å². The summed E-state index contributed by atoms with van der Waals surface area (Å²) in [6.45, 7) is 3.36. The number of ether oxygens (including phenoxy) is 2. The topological polar surface area (TPSA) is 55.8 Å². The zero-order chi connectivity index (χ0) is 25.3. The van der Waals surface area contributed by atoms with E-state index in [9.17, 15) is 9.59 Å². The van der Waals surface area contributed by atoms with Crippen LogP contribution in [0.4, 0.5) is 0 Å². The van der Waals surface area contributed by atoms with Gasteiger partial charge >= 0.3 is 5.97 Å². The molecule has 1 fully saturated rings. The van der Waals surface area contributed by atoms with Crippen molar-refractivity contribution in [3.63, 3.8) is 0 Å². The van der Waals surface area contributed by atoms with Crippen LogP contribution < -0.4 is 4.74 Å². The molecule has 0 N–H and O–H groups in total. The third-order valence-corrected chi connectivity index (χ3v) is 7.44. The highest BCUT2D eigenvalue weighted by Crippen LogP contribution is 2.33. The van der Waals surface area contributed by atoms with E-state index < -0.39 is 0 Å². The fraction of sp³-hybridized carbons (Fsp3) is 0.607. The summed E-state index contributed by atoms with van der Waals surface area (Å²) < 4.78 is 11.1. The summed E-state index contributed by atoms with van der Waals surface area (Å²) in [5.74, 6) is 0.621. The zero-order valence-corrected chi connectivity index (χ0v) is 23.0. The van der Waals surface area contributed by atoms with E-state index >= 15 is 0 Å². The van der Waals surface area contributed by atoms with Crippen LogP contribution in [0.5, 0.6) is 5.75 Å². The predicted octanol–water partition coefficient (Wildman–Crippen LogP) is 7.53. The lowest BCUT2D eigenvalue weighted by atomic mass is 10.1. The van der Waals surface area contributed by atoms with E-state index in [2.05, 4.69) is 6.92 Å². The highest BCUT2D eigenvalue weighted by atomic mass is 32.2. The lowest BCUT2D eigenvalue weighted by molar-refractivity contribution is -0.144. The number of benzene rings is 1. The van der Waals surface area contributed by atoms with Gasteiger partial charge in [-0.25, -0.2) is 0 Å². The van der Waals surface area contributed by atoms with Gasteiger partial charge in [0.2, 0.25) is 0 Å². The largest absolute Gasteiger partial charge is 0.497 e. The van der Waals surface area contributed by atoms with Gasteiger partial charge in [0.15, 0.2) is 0 Å². The molecular formula is C28H41NO4S2. The maximum Gasteiger partial charge on any atom is 0.305 e. The van der Waals surface area contributed by atoms with Crippen molar-refractivity contribution >= 4 is 46.3 Å². The molecule has 0 saturated carbocycles. The van der Waals surface area contributed by atoms with Gasteiger partial charge in [0, 0.05) is 13.0 Å². The van der Waals surface area contributed by atoms with Gasteiger partial charge in [0.05, 0.1) is 18.6 Å². The molecule has 194 valence electrons. The predicted molar refractivity (Wildman–Crippen MR) is 150 cm³/mol.